The van der Waals surface area contributed by atoms with Gasteiger partial charge in [0.15, 0.2) is 5.65 Å². The van der Waals surface area contributed by atoms with Crippen LogP contribution >= 0.6 is 0 Å². The molecule has 2 aromatic heterocycles. The van der Waals surface area contributed by atoms with E-state index in [4.69, 9.17) is 15.8 Å². The maximum Gasteiger partial charge on any atom is 0.303 e. The average Bonchev–Trinajstić information content (AvgIpc) is 3.21. The van der Waals surface area contributed by atoms with Gasteiger partial charge in [-0.1, -0.05) is 25.5 Å². The number of nitrogens with two attached hydrogens (primary N) is 1. The number of aliphatic carboxylic acids is 1. The average molecular weight is 494 g/mol. The number of carbonyl (C=O) groups excluding carboxylic acids is 1. The molecule has 1 aliphatic rings. The minimum absolute atomic E-state index is 0.327. The lowest BCUT2D eigenvalue weighted by molar-refractivity contribution is -0.137. The lowest BCUT2D eigenvalue weighted by atomic mass is 10.1. The van der Waals surface area contributed by atoms with Gasteiger partial charge in [0.05, 0.1) is 6.54 Å². The van der Waals surface area contributed by atoms with Gasteiger partial charge in [-0.05, 0) is 88.5 Å². The van der Waals surface area contributed by atoms with Crippen LogP contribution in [0.2, 0.25) is 0 Å². The van der Waals surface area contributed by atoms with Gasteiger partial charge >= 0.3 is 5.97 Å². The number of carbonyl (C=O) groups is 2. The minimum Gasteiger partial charge on any atom is -0.481 e. The molecule has 36 heavy (non-hydrogen) atoms. The van der Waals surface area contributed by atoms with Gasteiger partial charge in [0.2, 0.25) is 5.91 Å². The van der Waals surface area contributed by atoms with Crippen molar-refractivity contribution in [3.05, 3.63) is 58.5 Å². The molecule has 0 spiro atoms. The first-order valence-corrected chi connectivity index (χ1v) is 12.9. The van der Waals surface area contributed by atoms with Crippen LogP contribution in [0.4, 0.5) is 0 Å². The largest absolute Gasteiger partial charge is 0.481 e. The molecule has 1 aliphatic heterocycles. The molecule has 0 unspecified atom stereocenters. The number of carboxylic acids is 1. The number of rotatable bonds is 9. The highest BCUT2D eigenvalue weighted by molar-refractivity contribution is 5.92. The van der Waals surface area contributed by atoms with Crippen LogP contribution in [0.5, 0.6) is 0 Å². The number of likely N-dealkylation sites (tertiary alicyclic amines) is 1. The lowest BCUT2D eigenvalue weighted by Gasteiger charge is -2.26. The second kappa shape index (κ2) is 13.2. The molecule has 0 atom stereocenters. The van der Waals surface area contributed by atoms with E-state index in [-0.39, 0.29) is 0 Å². The van der Waals surface area contributed by atoms with Gasteiger partial charge in [-0.25, -0.2) is 9.97 Å². The first-order valence-electron chi connectivity index (χ1n) is 12.9. The summed E-state index contributed by atoms with van der Waals surface area (Å²) < 4.78 is 2.15. The van der Waals surface area contributed by atoms with Crippen LogP contribution < -0.4 is 5.73 Å². The number of amides is 1. The van der Waals surface area contributed by atoms with Gasteiger partial charge in [-0.3, -0.25) is 9.59 Å². The van der Waals surface area contributed by atoms with E-state index in [2.05, 4.69) is 34.4 Å². The third kappa shape index (κ3) is 7.62. The number of fused-ring (bicyclic) bond motifs is 1. The molecule has 0 radical (unpaired) electrons. The molecule has 8 heteroatoms. The maximum absolute atomic E-state index is 11.2. The fourth-order valence-electron chi connectivity index (χ4n) is 4.64. The predicted octanol–water partition coefficient (Wildman–Crippen LogP) is 4.48. The van der Waals surface area contributed by atoms with Crippen LogP contribution in [-0.4, -0.2) is 56.1 Å². The maximum atomic E-state index is 11.2. The van der Waals surface area contributed by atoms with Gasteiger partial charge < -0.3 is 20.3 Å². The monoisotopic (exact) mass is 493 g/mol. The smallest absolute Gasteiger partial charge is 0.303 e. The number of hydrogen-bond donors (Lipinski definition) is 2. The second-order valence-corrected chi connectivity index (χ2v) is 9.53. The zero-order valence-corrected chi connectivity index (χ0v) is 21.8. The van der Waals surface area contributed by atoms with Crippen LogP contribution in [0, 0.1) is 13.8 Å². The van der Waals surface area contributed by atoms with Crippen molar-refractivity contribution in [3.63, 3.8) is 0 Å². The van der Waals surface area contributed by atoms with Crippen molar-refractivity contribution in [3.8, 4) is 0 Å². The van der Waals surface area contributed by atoms with Crippen molar-refractivity contribution in [1.29, 1.82) is 0 Å². The topological polar surface area (TPSA) is 114 Å². The minimum atomic E-state index is -0.668. The van der Waals surface area contributed by atoms with Gasteiger partial charge in [0.25, 0.3) is 0 Å². The van der Waals surface area contributed by atoms with E-state index in [0.29, 0.717) is 18.5 Å². The van der Waals surface area contributed by atoms with Gasteiger partial charge in [-0.15, -0.1) is 0 Å². The quantitative estimate of drug-likeness (QED) is 0.425. The number of aromatic nitrogens is 3. The highest BCUT2D eigenvalue weighted by atomic mass is 16.4. The number of carboxylic acid groups (broad SMARTS) is 1. The first kappa shape index (κ1) is 27.3. The molecule has 1 saturated heterocycles. The Kier molecular flexibility index (Phi) is 9.99. The molecule has 0 bridgehead atoms. The summed E-state index contributed by atoms with van der Waals surface area (Å²) in [5.74, 6) is -0.0642. The van der Waals surface area contributed by atoms with E-state index < -0.39 is 11.9 Å². The lowest BCUT2D eigenvalue weighted by Crippen LogP contribution is -2.30. The van der Waals surface area contributed by atoms with Gasteiger partial charge in [-0.2, -0.15) is 0 Å². The molecule has 1 amide bonds. The summed E-state index contributed by atoms with van der Waals surface area (Å²) in [7, 11) is 0. The van der Waals surface area contributed by atoms with E-state index in [9.17, 15) is 9.59 Å². The number of nitrogens with zero attached hydrogens (tertiary/aromatic N) is 4. The number of unbranched alkanes of at least 4 members (excludes halogenated alkanes) is 1. The van der Waals surface area contributed by atoms with Crippen LogP contribution in [0.25, 0.3) is 11.2 Å². The predicted molar refractivity (Wildman–Crippen MR) is 142 cm³/mol. The number of aryl methyl sites for hydroxylation is 3. The molecule has 3 N–H and O–H groups in total. The molecule has 3 aromatic rings. The SMILES string of the molecule is CCc1nc2c(C)cc(C)nc2n1Cc1ccc(C(N)=O)cc1.O=C(O)CCCCN1CCCCC1. The van der Waals surface area contributed by atoms with Crippen LogP contribution in [0.3, 0.4) is 0 Å². The molecule has 4 rings (SSSR count). The fraction of sp³-hybridized carbons (Fsp3) is 0.500. The number of hydrogen-bond acceptors (Lipinski definition) is 5. The van der Waals surface area contributed by atoms with Crippen molar-refractivity contribution in [1.82, 2.24) is 19.4 Å². The van der Waals surface area contributed by atoms with Crippen molar-refractivity contribution in [2.75, 3.05) is 19.6 Å². The third-order valence-corrected chi connectivity index (χ3v) is 6.56. The Labute approximate surface area is 213 Å². The summed E-state index contributed by atoms with van der Waals surface area (Å²) in [6.07, 6.45) is 7.03. The number of benzene rings is 1. The van der Waals surface area contributed by atoms with Crippen LogP contribution in [-0.2, 0) is 17.8 Å². The Hall–Kier alpha value is -3.26. The normalized spacial score (nSPS) is 13.9. The zero-order chi connectivity index (χ0) is 26.1. The summed E-state index contributed by atoms with van der Waals surface area (Å²) in [5, 5.41) is 8.44. The number of pyridine rings is 1. The van der Waals surface area contributed by atoms with E-state index in [1.807, 2.05) is 19.1 Å². The number of primary amides is 1. The highest BCUT2D eigenvalue weighted by Gasteiger charge is 2.14. The molecule has 8 nitrogen and oxygen atoms in total. The van der Waals surface area contributed by atoms with E-state index >= 15 is 0 Å². The molecule has 0 saturated carbocycles. The Bertz CT molecular complexity index is 1160. The summed E-state index contributed by atoms with van der Waals surface area (Å²) in [5.41, 5.74) is 10.9. The number of piperidine rings is 1. The summed E-state index contributed by atoms with van der Waals surface area (Å²) in [6.45, 7) is 10.4. The zero-order valence-electron chi connectivity index (χ0n) is 21.8. The fourth-order valence-corrected chi connectivity index (χ4v) is 4.64. The Morgan fingerprint density at radius 3 is 2.33 bits per heavy atom. The molecule has 0 aliphatic carbocycles. The third-order valence-electron chi connectivity index (χ3n) is 6.56. The molecule has 3 heterocycles. The summed E-state index contributed by atoms with van der Waals surface area (Å²) in [6, 6.07) is 9.42. The van der Waals surface area contributed by atoms with Crippen LogP contribution in [0.1, 0.15) is 78.5 Å². The number of imidazole rings is 1. The molecular formula is C28H39N5O3. The van der Waals surface area contributed by atoms with Gasteiger partial charge in [0.1, 0.15) is 11.3 Å². The molecular weight excluding hydrogens is 454 g/mol. The standard InChI is InChI=1S/C18H20N4O.C10H19NO2/c1-4-15-21-16-11(2)9-12(3)20-18(16)22(15)10-13-5-7-14(8-6-13)17(19)23;12-10(13)6-2-5-9-11-7-3-1-4-8-11/h5-9H,4,10H2,1-3H3,(H2,19,23);1-9H2,(H,12,13). The summed E-state index contributed by atoms with van der Waals surface area (Å²) >= 11 is 0. The highest BCUT2D eigenvalue weighted by Crippen LogP contribution is 2.21. The van der Waals surface area contributed by atoms with E-state index in [1.165, 1.54) is 32.4 Å². The van der Waals surface area contributed by atoms with Crippen molar-refractivity contribution >= 4 is 23.0 Å². The Morgan fingerprint density at radius 1 is 1.03 bits per heavy atom. The Morgan fingerprint density at radius 2 is 1.72 bits per heavy atom. The molecule has 1 aromatic carbocycles. The van der Waals surface area contributed by atoms with E-state index in [1.54, 1.807) is 12.1 Å². The first-order chi connectivity index (χ1) is 17.3. The second-order valence-electron chi connectivity index (χ2n) is 9.53. The van der Waals surface area contributed by atoms with Crippen LogP contribution in [0.15, 0.2) is 30.3 Å². The molecule has 194 valence electrons. The van der Waals surface area contributed by atoms with Gasteiger partial charge in [0, 0.05) is 24.1 Å². The Balaban J connectivity index is 0.000000236. The van der Waals surface area contributed by atoms with Crippen molar-refractivity contribution in [2.45, 2.75) is 72.3 Å². The molecule has 1 fully saturated rings. The van der Waals surface area contributed by atoms with Crippen molar-refractivity contribution < 1.29 is 14.7 Å². The van der Waals surface area contributed by atoms with Crippen molar-refractivity contribution in [2.24, 2.45) is 5.73 Å². The van der Waals surface area contributed by atoms with E-state index in [0.717, 1.165) is 59.6 Å². The summed E-state index contributed by atoms with van der Waals surface area (Å²) in [4.78, 5) is 33.3.